The number of aliphatic hydroxyl groups excluding tert-OH is 1. The van der Waals surface area contributed by atoms with Gasteiger partial charge >= 0.3 is 16.3 Å². The molecular formula is C8H13NO7S. The van der Waals surface area contributed by atoms with E-state index in [4.69, 9.17) is 4.55 Å². The molecule has 98 valence electrons. The largest absolute Gasteiger partial charge is 0.464 e. The molecule has 2 N–H and O–H groups in total. The monoisotopic (exact) mass is 267 g/mol. The summed E-state index contributed by atoms with van der Waals surface area (Å²) in [4.78, 5) is 22.0. The standard InChI is InChI=1S/C8H13NO7S/c1-4(10)7-6(3-16-5(2)11)9(8(7)12)17(13,14)15/h4,6-7,10H,3H2,1-2H3,(H,13,14,15)/t4-,6-,7-/m1/s1. The van der Waals surface area contributed by atoms with Crippen LogP contribution in [0.1, 0.15) is 13.8 Å². The lowest BCUT2D eigenvalue weighted by Crippen LogP contribution is -2.67. The molecule has 1 aliphatic heterocycles. The van der Waals surface area contributed by atoms with Crippen LogP contribution in [0.2, 0.25) is 0 Å². The maximum absolute atomic E-state index is 11.4. The van der Waals surface area contributed by atoms with Crippen LogP contribution >= 0.6 is 0 Å². The lowest BCUT2D eigenvalue weighted by atomic mass is 9.86. The molecule has 17 heavy (non-hydrogen) atoms. The number of carbonyl (C=O) groups is 2. The van der Waals surface area contributed by atoms with Crippen molar-refractivity contribution in [3.8, 4) is 0 Å². The van der Waals surface area contributed by atoms with E-state index in [1.54, 1.807) is 0 Å². The number of aliphatic hydroxyl groups is 1. The molecule has 0 aliphatic carbocycles. The second-order valence-electron chi connectivity index (χ2n) is 3.75. The normalized spacial score (nSPS) is 26.4. The van der Waals surface area contributed by atoms with E-state index in [2.05, 4.69) is 4.74 Å². The van der Waals surface area contributed by atoms with E-state index in [1.165, 1.54) is 6.92 Å². The van der Waals surface area contributed by atoms with Crippen LogP contribution in [0.3, 0.4) is 0 Å². The molecule has 1 aliphatic rings. The van der Waals surface area contributed by atoms with E-state index in [9.17, 15) is 23.1 Å². The predicted octanol–water partition coefficient (Wildman–Crippen LogP) is -1.44. The van der Waals surface area contributed by atoms with Gasteiger partial charge in [0.25, 0.3) is 0 Å². The molecule has 1 rings (SSSR count). The predicted molar refractivity (Wildman–Crippen MR) is 54.0 cm³/mol. The van der Waals surface area contributed by atoms with Crippen LogP contribution in [0.15, 0.2) is 0 Å². The summed E-state index contributed by atoms with van der Waals surface area (Å²) < 4.78 is 35.4. The number of nitrogens with zero attached hydrogens (tertiary/aromatic N) is 1. The van der Waals surface area contributed by atoms with Gasteiger partial charge in [-0.05, 0) is 6.92 Å². The molecule has 0 unspecified atom stereocenters. The number of rotatable bonds is 4. The lowest BCUT2D eigenvalue weighted by Gasteiger charge is -2.44. The van der Waals surface area contributed by atoms with Gasteiger partial charge in [0, 0.05) is 6.92 Å². The summed E-state index contributed by atoms with van der Waals surface area (Å²) in [6.45, 7) is 2.04. The summed E-state index contributed by atoms with van der Waals surface area (Å²) in [5, 5.41) is 9.30. The highest BCUT2D eigenvalue weighted by Crippen LogP contribution is 2.32. The van der Waals surface area contributed by atoms with Gasteiger partial charge in [-0.15, -0.1) is 0 Å². The highest BCUT2D eigenvalue weighted by atomic mass is 32.2. The van der Waals surface area contributed by atoms with Crippen molar-refractivity contribution in [2.24, 2.45) is 5.92 Å². The second-order valence-corrected chi connectivity index (χ2v) is 5.04. The van der Waals surface area contributed by atoms with Crippen molar-refractivity contribution in [1.29, 1.82) is 0 Å². The van der Waals surface area contributed by atoms with Crippen LogP contribution in [0.4, 0.5) is 0 Å². The maximum atomic E-state index is 11.4. The third kappa shape index (κ3) is 2.73. The Labute approximate surface area is 98.0 Å². The molecule has 0 aromatic rings. The van der Waals surface area contributed by atoms with Gasteiger partial charge in [0.05, 0.1) is 18.1 Å². The van der Waals surface area contributed by atoms with E-state index in [0.29, 0.717) is 0 Å². The molecule has 8 nitrogen and oxygen atoms in total. The highest BCUT2D eigenvalue weighted by Gasteiger charge is 2.55. The minimum Gasteiger partial charge on any atom is -0.464 e. The molecule has 0 radical (unpaired) electrons. The van der Waals surface area contributed by atoms with E-state index < -0.39 is 46.9 Å². The van der Waals surface area contributed by atoms with Crippen LogP contribution < -0.4 is 0 Å². The second kappa shape index (κ2) is 4.59. The first-order chi connectivity index (χ1) is 7.66. The summed E-state index contributed by atoms with van der Waals surface area (Å²) in [5.41, 5.74) is 0. The van der Waals surface area contributed by atoms with Crippen molar-refractivity contribution in [3.63, 3.8) is 0 Å². The summed E-state index contributed by atoms with van der Waals surface area (Å²) in [5.74, 6) is -2.57. The molecule has 0 aromatic carbocycles. The summed E-state index contributed by atoms with van der Waals surface area (Å²) in [6.07, 6.45) is -1.10. The fourth-order valence-electron chi connectivity index (χ4n) is 1.73. The molecular weight excluding hydrogens is 254 g/mol. The molecule has 1 fully saturated rings. The molecule has 1 heterocycles. The van der Waals surface area contributed by atoms with E-state index in [-0.39, 0.29) is 4.31 Å². The van der Waals surface area contributed by atoms with E-state index in [0.717, 1.165) is 6.92 Å². The maximum Gasteiger partial charge on any atom is 0.362 e. The fourth-order valence-corrected chi connectivity index (χ4v) is 2.61. The first-order valence-electron chi connectivity index (χ1n) is 4.78. The van der Waals surface area contributed by atoms with Gasteiger partial charge in [0.2, 0.25) is 5.91 Å². The Balaban J connectivity index is 2.86. The number of esters is 1. The van der Waals surface area contributed by atoms with Gasteiger partial charge in [0.1, 0.15) is 6.61 Å². The van der Waals surface area contributed by atoms with Gasteiger partial charge < -0.3 is 9.84 Å². The third-order valence-electron chi connectivity index (χ3n) is 2.44. The van der Waals surface area contributed by atoms with E-state index in [1.807, 2.05) is 0 Å². The van der Waals surface area contributed by atoms with Crippen molar-refractivity contribution in [3.05, 3.63) is 0 Å². The number of amides is 1. The number of ether oxygens (including phenoxy) is 1. The van der Waals surface area contributed by atoms with Gasteiger partial charge in [-0.25, -0.2) is 4.31 Å². The van der Waals surface area contributed by atoms with Gasteiger partial charge in [-0.1, -0.05) is 0 Å². The Kier molecular flexibility index (Phi) is 3.74. The number of hydrogen-bond donors (Lipinski definition) is 2. The SMILES string of the molecule is CC(=O)OC[C@@H]1[C@@H]([C@@H](C)O)C(=O)N1S(=O)(=O)O. The first kappa shape index (κ1) is 13.9. The van der Waals surface area contributed by atoms with Crippen LogP contribution in [-0.4, -0.2) is 53.0 Å². The zero-order valence-corrected chi connectivity index (χ0v) is 10.0. The Hall–Kier alpha value is -1.19. The molecule has 0 aromatic heterocycles. The van der Waals surface area contributed by atoms with Crippen molar-refractivity contribution < 1.29 is 32.4 Å². The third-order valence-corrected chi connectivity index (χ3v) is 3.39. The van der Waals surface area contributed by atoms with Crippen molar-refractivity contribution in [2.45, 2.75) is 26.0 Å². The first-order valence-corrected chi connectivity index (χ1v) is 6.18. The lowest BCUT2D eigenvalue weighted by molar-refractivity contribution is -0.162. The van der Waals surface area contributed by atoms with Crippen molar-refractivity contribution in [1.82, 2.24) is 4.31 Å². The molecule has 1 amide bonds. The topological polar surface area (TPSA) is 121 Å². The zero-order chi connectivity index (χ0) is 13.4. The van der Waals surface area contributed by atoms with Crippen LogP contribution in [0, 0.1) is 5.92 Å². The molecule has 3 atom stereocenters. The minimum atomic E-state index is -4.70. The summed E-state index contributed by atoms with van der Waals surface area (Å²) in [7, 11) is -4.70. The Bertz CT molecular complexity index is 429. The van der Waals surface area contributed by atoms with Crippen molar-refractivity contribution in [2.75, 3.05) is 6.61 Å². The molecule has 0 saturated carbocycles. The average Bonchev–Trinajstić information content (AvgIpc) is 2.07. The average molecular weight is 267 g/mol. The summed E-state index contributed by atoms with van der Waals surface area (Å²) in [6, 6.07) is -1.07. The van der Waals surface area contributed by atoms with Crippen LogP contribution in [-0.2, 0) is 24.6 Å². The fraction of sp³-hybridized carbons (Fsp3) is 0.750. The molecule has 9 heteroatoms. The Morgan fingerprint density at radius 1 is 1.59 bits per heavy atom. The molecule has 0 bridgehead atoms. The van der Waals surface area contributed by atoms with Gasteiger partial charge in [0.15, 0.2) is 0 Å². The smallest absolute Gasteiger partial charge is 0.362 e. The highest BCUT2D eigenvalue weighted by molar-refractivity contribution is 7.84. The van der Waals surface area contributed by atoms with Crippen LogP contribution in [0.25, 0.3) is 0 Å². The molecule has 1 saturated heterocycles. The molecule has 0 spiro atoms. The number of β-lactam (4-membered cyclic amide) rings is 1. The minimum absolute atomic E-state index is 0.202. The van der Waals surface area contributed by atoms with Gasteiger partial charge in [-0.3, -0.25) is 14.1 Å². The van der Waals surface area contributed by atoms with Gasteiger partial charge in [-0.2, -0.15) is 8.42 Å². The van der Waals surface area contributed by atoms with Crippen LogP contribution in [0.5, 0.6) is 0 Å². The van der Waals surface area contributed by atoms with E-state index >= 15 is 0 Å². The Morgan fingerprint density at radius 2 is 2.12 bits per heavy atom. The zero-order valence-electron chi connectivity index (χ0n) is 9.23. The number of carbonyl (C=O) groups excluding carboxylic acids is 2. The quantitative estimate of drug-likeness (QED) is 0.363. The number of hydrogen-bond acceptors (Lipinski definition) is 6. The Morgan fingerprint density at radius 3 is 2.47 bits per heavy atom. The van der Waals surface area contributed by atoms with Crippen molar-refractivity contribution >= 4 is 22.2 Å². The summed E-state index contributed by atoms with van der Waals surface area (Å²) >= 11 is 0.